The van der Waals surface area contributed by atoms with Crippen LogP contribution in [-0.4, -0.2) is 32.8 Å². The van der Waals surface area contributed by atoms with Crippen LogP contribution in [0.1, 0.15) is 12.0 Å². The van der Waals surface area contributed by atoms with Gasteiger partial charge in [-0.2, -0.15) is 0 Å². The van der Waals surface area contributed by atoms with Crippen molar-refractivity contribution in [1.82, 2.24) is 0 Å². The van der Waals surface area contributed by atoms with Crippen molar-refractivity contribution in [2.75, 3.05) is 5.32 Å². The van der Waals surface area contributed by atoms with Crippen LogP contribution in [0.25, 0.3) is 0 Å². The average Bonchev–Trinajstić information content (AvgIpc) is 2.65. The van der Waals surface area contributed by atoms with Gasteiger partial charge in [-0.15, -0.1) is 0 Å². The lowest BCUT2D eigenvalue weighted by molar-refractivity contribution is -0.137. The SMILES string of the molecule is Cc1c(Cl)cccc1NC1=NC(O)C(CC(=O)O)S1. The molecule has 19 heavy (non-hydrogen) atoms. The Morgan fingerprint density at radius 3 is 3.00 bits per heavy atom. The zero-order chi connectivity index (χ0) is 14.0. The third-order valence-corrected chi connectivity index (χ3v) is 4.28. The molecule has 0 bridgehead atoms. The van der Waals surface area contributed by atoms with Gasteiger partial charge in [-0.1, -0.05) is 29.4 Å². The monoisotopic (exact) mass is 300 g/mol. The second-order valence-corrected chi connectivity index (χ2v) is 5.77. The van der Waals surface area contributed by atoms with E-state index in [9.17, 15) is 9.90 Å². The number of benzene rings is 1. The number of aliphatic imine (C=N–C) groups is 1. The number of carboxylic acids is 1. The van der Waals surface area contributed by atoms with Gasteiger partial charge >= 0.3 is 5.97 Å². The fourth-order valence-electron chi connectivity index (χ4n) is 1.68. The van der Waals surface area contributed by atoms with Crippen molar-refractivity contribution in [2.45, 2.75) is 24.8 Å². The summed E-state index contributed by atoms with van der Waals surface area (Å²) in [5.41, 5.74) is 1.67. The van der Waals surface area contributed by atoms with Crippen molar-refractivity contribution in [3.63, 3.8) is 0 Å². The predicted molar refractivity (Wildman–Crippen MR) is 76.9 cm³/mol. The molecule has 0 amide bonds. The summed E-state index contributed by atoms with van der Waals surface area (Å²) in [6.07, 6.45) is -1.13. The first-order valence-corrected chi connectivity index (χ1v) is 6.89. The first-order chi connectivity index (χ1) is 8.97. The standard InChI is InChI=1S/C12H13ClN2O3S/c1-6-7(13)3-2-4-8(6)14-12-15-11(18)9(19-12)5-10(16)17/h2-4,9,11,18H,5H2,1H3,(H,14,15)(H,16,17). The lowest BCUT2D eigenvalue weighted by atomic mass is 10.2. The third-order valence-electron chi connectivity index (χ3n) is 2.73. The number of hydrogen-bond donors (Lipinski definition) is 3. The van der Waals surface area contributed by atoms with E-state index in [1.807, 2.05) is 19.1 Å². The smallest absolute Gasteiger partial charge is 0.304 e. The molecule has 1 aliphatic rings. The summed E-state index contributed by atoms with van der Waals surface area (Å²) in [6, 6.07) is 5.44. The second-order valence-electron chi connectivity index (χ2n) is 4.14. The number of halogens is 1. The van der Waals surface area contributed by atoms with Crippen molar-refractivity contribution >= 4 is 40.2 Å². The molecule has 2 unspecified atom stereocenters. The van der Waals surface area contributed by atoms with Crippen molar-refractivity contribution in [1.29, 1.82) is 0 Å². The largest absolute Gasteiger partial charge is 0.481 e. The Labute approximate surface area is 119 Å². The molecular weight excluding hydrogens is 288 g/mol. The molecule has 0 saturated carbocycles. The summed E-state index contributed by atoms with van der Waals surface area (Å²) in [5.74, 6) is -0.952. The molecule has 102 valence electrons. The molecule has 1 aliphatic heterocycles. The van der Waals surface area contributed by atoms with Crippen molar-refractivity contribution in [3.8, 4) is 0 Å². The molecule has 1 aromatic rings. The summed E-state index contributed by atoms with van der Waals surface area (Å²) < 4.78 is 0. The zero-order valence-electron chi connectivity index (χ0n) is 10.1. The fraction of sp³-hybridized carbons (Fsp3) is 0.333. The molecular formula is C12H13ClN2O3S. The van der Waals surface area contributed by atoms with Crippen LogP contribution in [0.15, 0.2) is 23.2 Å². The van der Waals surface area contributed by atoms with E-state index < -0.39 is 17.4 Å². The number of amidine groups is 1. The Bertz CT molecular complexity index is 536. The Hall–Kier alpha value is -1.24. The molecule has 5 nitrogen and oxygen atoms in total. The Morgan fingerprint density at radius 2 is 2.32 bits per heavy atom. The Balaban J connectivity index is 2.07. The number of hydrogen-bond acceptors (Lipinski definition) is 5. The summed E-state index contributed by atoms with van der Waals surface area (Å²) in [5, 5.41) is 22.1. The minimum Gasteiger partial charge on any atom is -0.481 e. The van der Waals surface area contributed by atoms with Crippen LogP contribution in [0, 0.1) is 6.92 Å². The van der Waals surface area contributed by atoms with E-state index in [0.717, 1.165) is 11.3 Å². The molecule has 0 aromatic heterocycles. The highest BCUT2D eigenvalue weighted by Crippen LogP contribution is 2.31. The highest BCUT2D eigenvalue weighted by molar-refractivity contribution is 8.15. The van der Waals surface area contributed by atoms with E-state index in [1.165, 1.54) is 11.8 Å². The van der Waals surface area contributed by atoms with Gasteiger partial charge in [-0.3, -0.25) is 4.79 Å². The van der Waals surface area contributed by atoms with Gasteiger partial charge in [0.15, 0.2) is 11.4 Å². The second kappa shape index (κ2) is 5.81. The van der Waals surface area contributed by atoms with Gasteiger partial charge < -0.3 is 15.5 Å². The Morgan fingerprint density at radius 1 is 1.58 bits per heavy atom. The molecule has 0 saturated heterocycles. The number of carboxylic acid groups (broad SMARTS) is 1. The van der Waals surface area contributed by atoms with Crippen LogP contribution in [0.4, 0.5) is 5.69 Å². The Kier molecular flexibility index (Phi) is 4.34. The highest BCUT2D eigenvalue weighted by atomic mass is 35.5. The van der Waals surface area contributed by atoms with E-state index in [1.54, 1.807) is 6.07 Å². The number of aliphatic hydroxyl groups excluding tert-OH is 1. The topological polar surface area (TPSA) is 81.9 Å². The van der Waals surface area contributed by atoms with E-state index >= 15 is 0 Å². The van der Waals surface area contributed by atoms with Crippen LogP contribution in [0.2, 0.25) is 5.02 Å². The minimum atomic E-state index is -0.997. The quantitative estimate of drug-likeness (QED) is 0.798. The molecule has 0 spiro atoms. The number of aliphatic hydroxyl groups is 1. The van der Waals surface area contributed by atoms with Gasteiger partial charge in [0.2, 0.25) is 0 Å². The van der Waals surface area contributed by atoms with E-state index in [-0.39, 0.29) is 6.42 Å². The molecule has 0 fully saturated rings. The summed E-state index contributed by atoms with van der Waals surface area (Å²) in [7, 11) is 0. The number of carbonyl (C=O) groups is 1. The van der Waals surface area contributed by atoms with Gasteiger partial charge in [0.05, 0.1) is 11.7 Å². The fourth-order valence-corrected chi connectivity index (χ4v) is 2.88. The van der Waals surface area contributed by atoms with Crippen LogP contribution in [-0.2, 0) is 4.79 Å². The molecule has 2 atom stereocenters. The van der Waals surface area contributed by atoms with Gasteiger partial charge in [-0.05, 0) is 24.6 Å². The first kappa shape index (κ1) is 14.2. The van der Waals surface area contributed by atoms with E-state index in [0.29, 0.717) is 10.2 Å². The van der Waals surface area contributed by atoms with Gasteiger partial charge in [0, 0.05) is 10.7 Å². The normalized spacial score (nSPS) is 22.2. The van der Waals surface area contributed by atoms with Crippen LogP contribution in [0.3, 0.4) is 0 Å². The van der Waals surface area contributed by atoms with Crippen molar-refractivity contribution in [2.24, 2.45) is 4.99 Å². The number of thioether (sulfide) groups is 1. The average molecular weight is 301 g/mol. The first-order valence-electron chi connectivity index (χ1n) is 5.64. The summed E-state index contributed by atoms with van der Waals surface area (Å²) >= 11 is 7.23. The van der Waals surface area contributed by atoms with Crippen LogP contribution < -0.4 is 5.32 Å². The number of aliphatic carboxylic acids is 1. The van der Waals surface area contributed by atoms with E-state index in [4.69, 9.17) is 16.7 Å². The predicted octanol–water partition coefficient (Wildman–Crippen LogP) is 2.32. The molecule has 0 aliphatic carbocycles. The number of rotatable bonds is 3. The lowest BCUT2D eigenvalue weighted by Crippen LogP contribution is -2.20. The molecule has 3 N–H and O–H groups in total. The molecule has 1 heterocycles. The van der Waals surface area contributed by atoms with Crippen molar-refractivity contribution in [3.05, 3.63) is 28.8 Å². The third kappa shape index (κ3) is 3.40. The minimum absolute atomic E-state index is 0.130. The number of nitrogens with one attached hydrogen (secondary N) is 1. The maximum atomic E-state index is 10.7. The number of anilines is 1. The maximum Gasteiger partial charge on any atom is 0.304 e. The molecule has 1 aromatic carbocycles. The maximum absolute atomic E-state index is 10.7. The molecule has 0 radical (unpaired) electrons. The number of nitrogens with zero attached hydrogens (tertiary/aromatic N) is 1. The van der Waals surface area contributed by atoms with Gasteiger partial charge in [-0.25, -0.2) is 4.99 Å². The lowest BCUT2D eigenvalue weighted by Gasteiger charge is -2.10. The molecule has 7 heteroatoms. The van der Waals surface area contributed by atoms with E-state index in [2.05, 4.69) is 10.3 Å². The van der Waals surface area contributed by atoms with Crippen LogP contribution >= 0.6 is 23.4 Å². The molecule has 2 rings (SSSR count). The van der Waals surface area contributed by atoms with Crippen molar-refractivity contribution < 1.29 is 15.0 Å². The zero-order valence-corrected chi connectivity index (χ0v) is 11.7. The summed E-state index contributed by atoms with van der Waals surface area (Å²) in [4.78, 5) is 14.7. The van der Waals surface area contributed by atoms with Crippen LogP contribution in [0.5, 0.6) is 0 Å². The highest BCUT2D eigenvalue weighted by Gasteiger charge is 2.30. The van der Waals surface area contributed by atoms with Gasteiger partial charge in [0.25, 0.3) is 0 Å². The van der Waals surface area contributed by atoms with Gasteiger partial charge in [0.1, 0.15) is 0 Å². The summed E-state index contributed by atoms with van der Waals surface area (Å²) in [6.45, 7) is 1.87.